The summed E-state index contributed by atoms with van der Waals surface area (Å²) in [5.74, 6) is 11.0. The first kappa shape index (κ1) is 24.6. The molecule has 1 aromatic carbocycles. The predicted molar refractivity (Wildman–Crippen MR) is 139 cm³/mol. The Hall–Kier alpha value is -0.0600. The zero-order valence-corrected chi connectivity index (χ0v) is 21.5. The van der Waals surface area contributed by atoms with Crippen LogP contribution in [0.3, 0.4) is 0 Å². The van der Waals surface area contributed by atoms with Crippen LogP contribution in [0.1, 0.15) is 51.5 Å². The number of benzene rings is 1. The van der Waals surface area contributed by atoms with E-state index in [0.717, 1.165) is 36.0 Å². The number of thioether (sulfide) groups is 4. The molecule has 2 nitrogen and oxygen atoms in total. The first-order chi connectivity index (χ1) is 14.5. The van der Waals surface area contributed by atoms with Crippen LogP contribution in [0.2, 0.25) is 0 Å². The van der Waals surface area contributed by atoms with E-state index in [-0.39, 0.29) is 4.08 Å². The Bertz CT molecular complexity index is 731. The predicted octanol–water partition coefficient (Wildman–Crippen LogP) is 6.27. The van der Waals surface area contributed by atoms with Gasteiger partial charge in [0.25, 0.3) is 0 Å². The second-order valence-electron chi connectivity index (χ2n) is 8.09. The van der Waals surface area contributed by atoms with Crippen molar-refractivity contribution in [1.82, 2.24) is 0 Å². The summed E-state index contributed by atoms with van der Waals surface area (Å²) in [5, 5.41) is 12.5. The summed E-state index contributed by atoms with van der Waals surface area (Å²) in [7, 11) is 1.72. The van der Waals surface area contributed by atoms with E-state index in [9.17, 15) is 5.11 Å². The fourth-order valence-corrected chi connectivity index (χ4v) is 9.80. The lowest BCUT2D eigenvalue weighted by Gasteiger charge is -2.26. The molecule has 2 saturated heterocycles. The second kappa shape index (κ2) is 12.3. The average molecular weight is 483 g/mol. The first-order valence-electron chi connectivity index (χ1n) is 10.9. The Kier molecular flexibility index (Phi) is 10.0. The number of hydrogen-bond acceptors (Lipinski definition) is 6. The zero-order chi connectivity index (χ0) is 21.4. The molecule has 0 aliphatic carbocycles. The Morgan fingerprint density at radius 3 is 2.87 bits per heavy atom. The van der Waals surface area contributed by atoms with Gasteiger partial charge in [-0.3, -0.25) is 0 Å². The van der Waals surface area contributed by atoms with Gasteiger partial charge in [0.1, 0.15) is 11.9 Å². The maximum Gasteiger partial charge on any atom is 0.119 e. The van der Waals surface area contributed by atoms with Gasteiger partial charge in [0, 0.05) is 33.7 Å². The van der Waals surface area contributed by atoms with Crippen molar-refractivity contribution < 1.29 is 9.84 Å². The highest BCUT2D eigenvalue weighted by Crippen LogP contribution is 2.57. The quantitative estimate of drug-likeness (QED) is 0.481. The summed E-state index contributed by atoms with van der Waals surface area (Å²) in [4.78, 5) is 0. The molecule has 5 unspecified atom stereocenters. The summed E-state index contributed by atoms with van der Waals surface area (Å²) in [6.07, 6.45) is 4.66. The van der Waals surface area contributed by atoms with Crippen LogP contribution >= 0.6 is 47.0 Å². The lowest BCUT2D eigenvalue weighted by Crippen LogP contribution is -2.16. The van der Waals surface area contributed by atoms with Crippen LogP contribution in [0.25, 0.3) is 0 Å². The topological polar surface area (TPSA) is 29.5 Å². The smallest absolute Gasteiger partial charge is 0.119 e. The maximum absolute atomic E-state index is 10.5. The van der Waals surface area contributed by atoms with Gasteiger partial charge in [-0.05, 0) is 49.1 Å². The number of ether oxygens (including phenoxy) is 1. The highest BCUT2D eigenvalue weighted by molar-refractivity contribution is 8.21. The lowest BCUT2D eigenvalue weighted by atomic mass is 10.1. The fourth-order valence-electron chi connectivity index (χ4n) is 3.78. The molecular formula is C24H34O2S4. The molecule has 5 atom stereocenters. The van der Waals surface area contributed by atoms with Gasteiger partial charge in [-0.15, -0.1) is 23.5 Å². The normalized spacial score (nSPS) is 30.6. The fraction of sp³-hybridized carbons (Fsp3) is 0.667. The highest BCUT2D eigenvalue weighted by Gasteiger charge is 2.40. The average Bonchev–Trinajstić information content (AvgIpc) is 3.12. The van der Waals surface area contributed by atoms with Crippen LogP contribution in [0, 0.1) is 11.8 Å². The monoisotopic (exact) mass is 482 g/mol. The van der Waals surface area contributed by atoms with Gasteiger partial charge in [-0.2, -0.15) is 23.5 Å². The summed E-state index contributed by atoms with van der Waals surface area (Å²) < 4.78 is 5.38. The van der Waals surface area contributed by atoms with Crippen molar-refractivity contribution in [3.63, 3.8) is 0 Å². The van der Waals surface area contributed by atoms with Crippen molar-refractivity contribution >= 4 is 47.0 Å². The number of hydrogen-bond donors (Lipinski definition) is 1. The molecule has 0 bridgehead atoms. The minimum absolute atomic E-state index is 0.0656. The Morgan fingerprint density at radius 2 is 2.10 bits per heavy atom. The van der Waals surface area contributed by atoms with Gasteiger partial charge in [0.15, 0.2) is 0 Å². The number of aliphatic hydroxyl groups is 1. The molecule has 30 heavy (non-hydrogen) atoms. The Balaban J connectivity index is 1.57. The summed E-state index contributed by atoms with van der Waals surface area (Å²) in [6.45, 7) is 4.62. The van der Waals surface area contributed by atoms with E-state index >= 15 is 0 Å². The lowest BCUT2D eigenvalue weighted by molar-refractivity contribution is 0.218. The standard InChI is InChI=1S/C24H34O2S4/c1-18-16-28-23(10-6-14-27-18)12-11-21(25)8-5-13-24(29-17-19(2)30-24)20-7-4-9-22(15-20)26-3/h4,7,9,15,18-19,21,23,25H,6,10-14,16-17H2,1-3H3. The van der Waals surface area contributed by atoms with Gasteiger partial charge in [0.2, 0.25) is 0 Å². The van der Waals surface area contributed by atoms with E-state index in [1.807, 2.05) is 29.6 Å². The molecule has 1 N–H and O–H groups in total. The highest BCUT2D eigenvalue weighted by atomic mass is 32.2. The molecule has 3 rings (SSSR count). The van der Waals surface area contributed by atoms with E-state index in [0.29, 0.717) is 10.5 Å². The van der Waals surface area contributed by atoms with Crippen molar-refractivity contribution in [1.29, 1.82) is 0 Å². The van der Waals surface area contributed by atoms with Crippen LogP contribution in [0.4, 0.5) is 0 Å². The summed E-state index contributed by atoms with van der Waals surface area (Å²) in [5.41, 5.74) is 1.27. The third kappa shape index (κ3) is 7.24. The van der Waals surface area contributed by atoms with E-state index < -0.39 is 6.10 Å². The third-order valence-electron chi connectivity index (χ3n) is 5.44. The van der Waals surface area contributed by atoms with Crippen molar-refractivity contribution in [3.05, 3.63) is 29.8 Å². The van der Waals surface area contributed by atoms with Crippen molar-refractivity contribution in [2.24, 2.45) is 0 Å². The largest absolute Gasteiger partial charge is 0.497 e. The van der Waals surface area contributed by atoms with E-state index in [4.69, 9.17) is 4.74 Å². The van der Waals surface area contributed by atoms with E-state index in [1.165, 1.54) is 29.9 Å². The zero-order valence-electron chi connectivity index (χ0n) is 18.3. The molecule has 2 aliphatic heterocycles. The van der Waals surface area contributed by atoms with Crippen molar-refractivity contribution in [3.8, 4) is 17.6 Å². The van der Waals surface area contributed by atoms with Crippen LogP contribution in [-0.2, 0) is 4.08 Å². The van der Waals surface area contributed by atoms with Gasteiger partial charge in [-0.25, -0.2) is 0 Å². The first-order valence-corrected chi connectivity index (χ1v) is 14.8. The van der Waals surface area contributed by atoms with Crippen LogP contribution in [0.5, 0.6) is 5.75 Å². The SMILES string of the molecule is COc1cccc(C2(CC#CC(O)CCC3CCCSC(C)CS3)SCC(C)S2)c1. The molecule has 0 radical (unpaired) electrons. The molecule has 166 valence electrons. The molecule has 0 amide bonds. The van der Waals surface area contributed by atoms with Gasteiger partial charge in [-0.1, -0.05) is 37.8 Å². The van der Waals surface area contributed by atoms with Crippen molar-refractivity contribution in [2.75, 3.05) is 24.4 Å². The van der Waals surface area contributed by atoms with Crippen molar-refractivity contribution in [2.45, 2.75) is 71.9 Å². The van der Waals surface area contributed by atoms with Crippen LogP contribution < -0.4 is 4.74 Å². The van der Waals surface area contributed by atoms with Crippen LogP contribution in [0.15, 0.2) is 24.3 Å². The van der Waals surface area contributed by atoms with Gasteiger partial charge >= 0.3 is 0 Å². The Morgan fingerprint density at radius 1 is 1.23 bits per heavy atom. The minimum Gasteiger partial charge on any atom is -0.497 e. The summed E-state index contributed by atoms with van der Waals surface area (Å²) in [6, 6.07) is 8.38. The number of methoxy groups -OCH3 is 1. The molecule has 2 fully saturated rings. The summed E-state index contributed by atoms with van der Waals surface area (Å²) >= 11 is 8.17. The number of aliphatic hydroxyl groups excluding tert-OH is 1. The second-order valence-corrected chi connectivity index (χ2v) is 14.3. The molecule has 6 heteroatoms. The van der Waals surface area contributed by atoms with E-state index in [1.54, 1.807) is 7.11 Å². The molecular weight excluding hydrogens is 449 g/mol. The molecule has 0 spiro atoms. The van der Waals surface area contributed by atoms with E-state index in [2.05, 4.69) is 67.4 Å². The molecule has 0 saturated carbocycles. The van der Waals surface area contributed by atoms with Gasteiger partial charge in [0.05, 0.1) is 11.2 Å². The van der Waals surface area contributed by atoms with Crippen LogP contribution in [-0.4, -0.2) is 51.3 Å². The third-order valence-corrected chi connectivity index (χ3v) is 12.2. The molecule has 1 aromatic rings. The molecule has 2 heterocycles. The van der Waals surface area contributed by atoms with Gasteiger partial charge < -0.3 is 9.84 Å². The minimum atomic E-state index is -0.515. The Labute approximate surface area is 199 Å². The molecule has 2 aliphatic rings. The maximum atomic E-state index is 10.5. The number of rotatable bonds is 6. The molecule has 0 aromatic heterocycles.